The first-order valence-corrected chi connectivity index (χ1v) is 6.41. The number of pyridine rings is 1. The van der Waals surface area contributed by atoms with Gasteiger partial charge in [0, 0.05) is 44.0 Å². The molecule has 92 valence electrons. The summed E-state index contributed by atoms with van der Waals surface area (Å²) in [5.74, 6) is 1.14. The summed E-state index contributed by atoms with van der Waals surface area (Å²) in [7, 11) is 0. The number of rotatable bonds is 2. The molecule has 1 N–H and O–H groups in total. The predicted octanol–water partition coefficient (Wildman–Crippen LogP) is 1.17. The van der Waals surface area contributed by atoms with Crippen LogP contribution in [-0.2, 0) is 11.3 Å². The summed E-state index contributed by atoms with van der Waals surface area (Å²) in [5, 5.41) is 3.50. The van der Waals surface area contributed by atoms with Crippen LogP contribution >= 0.6 is 0 Å². The van der Waals surface area contributed by atoms with E-state index < -0.39 is 0 Å². The van der Waals surface area contributed by atoms with Gasteiger partial charge in [-0.15, -0.1) is 0 Å². The number of ether oxygens (including phenoxy) is 1. The van der Waals surface area contributed by atoms with Crippen LogP contribution in [0.5, 0.6) is 0 Å². The minimum atomic E-state index is 0.361. The molecule has 2 aliphatic heterocycles. The average molecular weight is 233 g/mol. The van der Waals surface area contributed by atoms with Crippen molar-refractivity contribution >= 4 is 5.82 Å². The Morgan fingerprint density at radius 1 is 1.59 bits per heavy atom. The summed E-state index contributed by atoms with van der Waals surface area (Å²) < 4.78 is 5.75. The van der Waals surface area contributed by atoms with Crippen molar-refractivity contribution in [2.45, 2.75) is 32.0 Å². The summed E-state index contributed by atoms with van der Waals surface area (Å²) in [6.07, 6.45) is 3.35. The van der Waals surface area contributed by atoms with Crippen molar-refractivity contribution in [3.63, 3.8) is 0 Å². The van der Waals surface area contributed by atoms with E-state index in [4.69, 9.17) is 4.74 Å². The van der Waals surface area contributed by atoms with E-state index in [1.54, 1.807) is 0 Å². The molecular formula is C13H19N3O. The number of hydrogen-bond acceptors (Lipinski definition) is 4. The van der Waals surface area contributed by atoms with E-state index in [0.717, 1.165) is 38.5 Å². The van der Waals surface area contributed by atoms with Crippen molar-refractivity contribution in [1.82, 2.24) is 10.3 Å². The molecule has 1 fully saturated rings. The van der Waals surface area contributed by atoms with E-state index in [9.17, 15) is 0 Å². The molecule has 3 heterocycles. The van der Waals surface area contributed by atoms with E-state index >= 15 is 0 Å². The number of hydrogen-bond donors (Lipinski definition) is 1. The smallest absolute Gasteiger partial charge is 0.133 e. The zero-order valence-corrected chi connectivity index (χ0v) is 10.2. The highest BCUT2D eigenvalue weighted by Gasteiger charge is 2.35. The monoisotopic (exact) mass is 233 g/mol. The number of anilines is 1. The molecule has 0 amide bonds. The molecule has 0 aliphatic carbocycles. The fraction of sp³-hybridized carbons (Fsp3) is 0.615. The van der Waals surface area contributed by atoms with E-state index in [2.05, 4.69) is 28.2 Å². The van der Waals surface area contributed by atoms with Gasteiger partial charge in [-0.05, 0) is 19.4 Å². The summed E-state index contributed by atoms with van der Waals surface area (Å²) in [5.41, 5.74) is 1.30. The second kappa shape index (κ2) is 4.63. The Balaban J connectivity index is 1.87. The maximum absolute atomic E-state index is 5.75. The first-order valence-electron chi connectivity index (χ1n) is 6.41. The standard InChI is InChI=1S/C13H19N3O/c1-2-17-12-6-11-8-14-7-10-4-3-5-15-13(10)16(11)9-12/h3-5,11-12,14H,2,6-9H2,1H3/t11-,12+/m0/s1. The van der Waals surface area contributed by atoms with Crippen molar-refractivity contribution in [2.24, 2.45) is 0 Å². The summed E-state index contributed by atoms with van der Waals surface area (Å²) >= 11 is 0. The van der Waals surface area contributed by atoms with Gasteiger partial charge in [0.1, 0.15) is 5.82 Å². The fourth-order valence-corrected chi connectivity index (χ4v) is 2.88. The Labute approximate surface area is 102 Å². The molecule has 0 unspecified atom stereocenters. The van der Waals surface area contributed by atoms with Crippen molar-refractivity contribution < 1.29 is 4.74 Å². The van der Waals surface area contributed by atoms with E-state index in [1.165, 1.54) is 5.56 Å². The largest absolute Gasteiger partial charge is 0.377 e. The third kappa shape index (κ3) is 2.03. The van der Waals surface area contributed by atoms with Crippen LogP contribution in [-0.4, -0.2) is 36.8 Å². The highest BCUT2D eigenvalue weighted by Crippen LogP contribution is 2.29. The lowest BCUT2D eigenvalue weighted by Gasteiger charge is -2.23. The van der Waals surface area contributed by atoms with Crippen LogP contribution in [0.1, 0.15) is 18.9 Å². The summed E-state index contributed by atoms with van der Waals surface area (Å²) in [6.45, 7) is 5.79. The van der Waals surface area contributed by atoms with Gasteiger partial charge in [0.15, 0.2) is 0 Å². The van der Waals surface area contributed by atoms with Crippen LogP contribution in [0, 0.1) is 0 Å². The third-order valence-corrected chi connectivity index (χ3v) is 3.61. The molecule has 2 aliphatic rings. The number of aromatic nitrogens is 1. The molecule has 0 spiro atoms. The molecule has 2 atom stereocenters. The first-order chi connectivity index (χ1) is 8.38. The van der Waals surface area contributed by atoms with Crippen LogP contribution in [0.4, 0.5) is 5.82 Å². The van der Waals surface area contributed by atoms with Gasteiger partial charge in [-0.3, -0.25) is 0 Å². The minimum absolute atomic E-state index is 0.361. The first kappa shape index (κ1) is 11.0. The van der Waals surface area contributed by atoms with Crippen molar-refractivity contribution in [3.8, 4) is 0 Å². The van der Waals surface area contributed by atoms with Gasteiger partial charge in [-0.2, -0.15) is 0 Å². The van der Waals surface area contributed by atoms with Crippen LogP contribution in [0.3, 0.4) is 0 Å². The molecule has 0 saturated carbocycles. The van der Waals surface area contributed by atoms with Crippen molar-refractivity contribution in [3.05, 3.63) is 23.9 Å². The van der Waals surface area contributed by atoms with Crippen LogP contribution < -0.4 is 10.2 Å². The Morgan fingerprint density at radius 3 is 3.41 bits per heavy atom. The SMILES string of the molecule is CCO[C@@H]1C[C@H]2CNCc3cccnc3N2C1. The minimum Gasteiger partial charge on any atom is -0.377 e. The van der Waals surface area contributed by atoms with Gasteiger partial charge < -0.3 is 15.0 Å². The molecule has 1 aromatic rings. The Hall–Kier alpha value is -1.13. The van der Waals surface area contributed by atoms with E-state index in [-0.39, 0.29) is 0 Å². The average Bonchev–Trinajstić information content (AvgIpc) is 2.66. The lowest BCUT2D eigenvalue weighted by atomic mass is 10.2. The number of nitrogens with zero attached hydrogens (tertiary/aromatic N) is 2. The third-order valence-electron chi connectivity index (χ3n) is 3.61. The van der Waals surface area contributed by atoms with E-state index in [1.807, 2.05) is 12.3 Å². The van der Waals surface area contributed by atoms with Crippen LogP contribution in [0.25, 0.3) is 0 Å². The van der Waals surface area contributed by atoms with Gasteiger partial charge in [-0.25, -0.2) is 4.98 Å². The Morgan fingerprint density at radius 2 is 2.53 bits per heavy atom. The Bertz CT molecular complexity index is 396. The molecule has 0 bridgehead atoms. The zero-order valence-electron chi connectivity index (χ0n) is 10.2. The van der Waals surface area contributed by atoms with Crippen LogP contribution in [0.2, 0.25) is 0 Å². The molecular weight excluding hydrogens is 214 g/mol. The van der Waals surface area contributed by atoms with Gasteiger partial charge in [0.05, 0.1) is 6.10 Å². The van der Waals surface area contributed by atoms with Crippen molar-refractivity contribution in [2.75, 3.05) is 24.6 Å². The van der Waals surface area contributed by atoms with E-state index in [0.29, 0.717) is 12.1 Å². The molecule has 0 radical (unpaired) electrons. The molecule has 4 heteroatoms. The second-order valence-electron chi connectivity index (χ2n) is 4.74. The van der Waals surface area contributed by atoms with Gasteiger partial charge in [0.25, 0.3) is 0 Å². The second-order valence-corrected chi connectivity index (χ2v) is 4.74. The Kier molecular flexibility index (Phi) is 2.99. The lowest BCUT2D eigenvalue weighted by molar-refractivity contribution is 0.0764. The van der Waals surface area contributed by atoms with Gasteiger partial charge >= 0.3 is 0 Å². The number of nitrogens with one attached hydrogen (secondary N) is 1. The van der Waals surface area contributed by atoms with Crippen LogP contribution in [0.15, 0.2) is 18.3 Å². The normalized spacial score (nSPS) is 27.5. The molecule has 1 aromatic heterocycles. The molecule has 1 saturated heterocycles. The molecule has 3 rings (SSSR count). The molecule has 0 aromatic carbocycles. The van der Waals surface area contributed by atoms with Crippen molar-refractivity contribution in [1.29, 1.82) is 0 Å². The quantitative estimate of drug-likeness (QED) is 0.832. The summed E-state index contributed by atoms with van der Waals surface area (Å²) in [4.78, 5) is 6.96. The lowest BCUT2D eigenvalue weighted by Crippen LogP contribution is -2.35. The zero-order chi connectivity index (χ0) is 11.7. The predicted molar refractivity (Wildman–Crippen MR) is 67.1 cm³/mol. The number of fused-ring (bicyclic) bond motifs is 3. The molecule has 17 heavy (non-hydrogen) atoms. The highest BCUT2D eigenvalue weighted by molar-refractivity contribution is 5.50. The fourth-order valence-electron chi connectivity index (χ4n) is 2.88. The van der Waals surface area contributed by atoms with Gasteiger partial charge in [0.2, 0.25) is 0 Å². The highest BCUT2D eigenvalue weighted by atomic mass is 16.5. The van der Waals surface area contributed by atoms with Gasteiger partial charge in [-0.1, -0.05) is 6.07 Å². The maximum atomic E-state index is 5.75. The topological polar surface area (TPSA) is 37.4 Å². The maximum Gasteiger partial charge on any atom is 0.133 e. The summed E-state index contributed by atoms with van der Waals surface area (Å²) in [6, 6.07) is 4.70. The molecule has 4 nitrogen and oxygen atoms in total.